The molecule has 13 amide bonds. The van der Waals surface area contributed by atoms with Gasteiger partial charge >= 0.3 is 5.97 Å². The van der Waals surface area contributed by atoms with Gasteiger partial charge in [-0.1, -0.05) is 80.8 Å². The van der Waals surface area contributed by atoms with E-state index in [2.05, 4.69) is 47.9 Å². The van der Waals surface area contributed by atoms with E-state index in [1.165, 1.54) is 28.5 Å². The summed E-state index contributed by atoms with van der Waals surface area (Å²) in [7, 11) is 0. The zero-order chi connectivity index (χ0) is 78.0. The molecule has 0 saturated carbocycles. The molecular weight excluding hydrogens is 1430 g/mol. The molecule has 2 bridgehead atoms. The molecule has 2 fully saturated rings. The molecular formula is C72H110N14O19S2. The van der Waals surface area contributed by atoms with Gasteiger partial charge in [0.2, 0.25) is 76.8 Å². The maximum Gasteiger partial charge on any atom is 0.305 e. The summed E-state index contributed by atoms with van der Waals surface area (Å²) in [5, 5.41) is 44.5. The zero-order valence-electron chi connectivity index (χ0n) is 61.3. The van der Waals surface area contributed by atoms with Gasteiger partial charge in [0.1, 0.15) is 54.4 Å². The molecule has 0 spiro atoms. The smallest absolute Gasteiger partial charge is 0.305 e. The topological polar surface area (TPSA) is 500 Å². The minimum Gasteiger partial charge on any atom is -0.481 e. The van der Waals surface area contributed by atoms with Crippen LogP contribution in [0.5, 0.6) is 0 Å². The number of hydrogen-bond donors (Lipinski definition) is 14. The Balaban J connectivity index is 1.32. The number of nitrogens with two attached hydrogens (primary N) is 3. The van der Waals surface area contributed by atoms with E-state index >= 15 is 4.79 Å². The lowest BCUT2D eigenvalue weighted by atomic mass is 10.0. The molecule has 17 N–H and O–H groups in total. The Morgan fingerprint density at radius 2 is 1.21 bits per heavy atom. The standard InChI is InChI=1S/C72H110N14O19S2/c1-3-4-20-50(78-61(91)27-26-60(90)77-30-15-34-104-36-38-105-37-35-103-33-14-29-76-59(89)23-9-6-10-28-73)65(95)83-55-45-107-43-49-19-11-18-48(39-49)42-106-44-54(68(98)80-52(64(75)94)41-62(92)93)82-67(97)53(40-47-16-7-5-8-17-47)81-66(96)51(24-25-58(74)88)79-70(100)63(46(2)87)84-69(99)56-21-12-31-85(56)72(102)57-22-13-32-86(57)71(55)101/h5,7-8,11,16-19,39,46,50-57,63,87H,3-4,6,9-10,12-15,20-38,40-45,73H2,1-2H3,(H2,74,88)(H2,75,94)(H,76,89)(H,77,90)(H,78,91)(H,79,100)(H,80,98)(H,81,96)(H,82,97)(H,83,95)(H,84,99)(H,92,93)/t46-,50+,51+,52+,53+,54+,55+,56+,57+,63+/m1/s1. The SMILES string of the molecule is CCCC[C@H](NC(=O)CCC(=O)NCCCOCCOCCOCCCNC(=O)CCCCCN)C(=O)N[C@H]1CSCc2cccc(c2)CSC[C@@H](C(=O)N[C@@H](CC(=O)O)C(N)=O)NC(=O)[C@H](Cc2ccccc2)NC(=O)[C@H](CCC(N)=O)NC(=O)[C@H]([C@@H](C)O)NC(=O)[C@@H]2CCCN2C(=O)[C@@H]2CCCN2C1=O. The number of benzene rings is 2. The summed E-state index contributed by atoms with van der Waals surface area (Å²) in [6, 6.07) is 2.67. The molecule has 2 saturated heterocycles. The number of amides is 13. The van der Waals surface area contributed by atoms with Gasteiger partial charge in [-0.2, -0.15) is 23.5 Å². The number of carbonyl (C=O) groups excluding carboxylic acids is 13. The van der Waals surface area contributed by atoms with Crippen LogP contribution in [-0.2, 0) is 99.3 Å². The average molecular weight is 1540 g/mol. The fourth-order valence-electron chi connectivity index (χ4n) is 12.1. The molecule has 0 radical (unpaired) electrons. The van der Waals surface area contributed by atoms with Crippen LogP contribution < -0.4 is 65.1 Å². The Kier molecular flexibility index (Phi) is 41.2. The fraction of sp³-hybridized carbons (Fsp3) is 0.639. The number of aliphatic hydroxyl groups is 1. The second-order valence-corrected chi connectivity index (χ2v) is 28.6. The van der Waals surface area contributed by atoms with Crippen molar-refractivity contribution in [2.24, 2.45) is 17.2 Å². The normalized spacial score (nSPS) is 20.9. The van der Waals surface area contributed by atoms with Crippen molar-refractivity contribution in [1.82, 2.24) is 57.7 Å². The Morgan fingerprint density at radius 3 is 1.81 bits per heavy atom. The Bertz CT molecular complexity index is 3250. The van der Waals surface area contributed by atoms with E-state index in [1.54, 1.807) is 42.5 Å². The minimum absolute atomic E-state index is 0.0242. The molecule has 3 aliphatic rings. The van der Waals surface area contributed by atoms with Gasteiger partial charge in [-0.05, 0) is 94.4 Å². The van der Waals surface area contributed by atoms with Crippen molar-refractivity contribution < 1.29 is 91.5 Å². The molecule has 35 heteroatoms. The van der Waals surface area contributed by atoms with Crippen molar-refractivity contribution >= 4 is 106 Å². The number of hydrogen-bond acceptors (Lipinski definition) is 21. The first-order valence-electron chi connectivity index (χ1n) is 36.8. The number of fused-ring (bicyclic) bond motifs is 4. The van der Waals surface area contributed by atoms with Gasteiger partial charge in [0.15, 0.2) is 0 Å². The van der Waals surface area contributed by atoms with Crippen molar-refractivity contribution in [2.45, 2.75) is 208 Å². The number of primary amides is 2. The lowest BCUT2D eigenvalue weighted by Crippen LogP contribution is -2.62. The molecule has 0 unspecified atom stereocenters. The first-order valence-corrected chi connectivity index (χ1v) is 39.1. The van der Waals surface area contributed by atoms with E-state index in [4.69, 9.17) is 31.4 Å². The molecule has 594 valence electrons. The van der Waals surface area contributed by atoms with Gasteiger partial charge in [-0.3, -0.25) is 67.1 Å². The van der Waals surface area contributed by atoms with Gasteiger partial charge in [0, 0.05) is 94.5 Å². The molecule has 3 aliphatic heterocycles. The van der Waals surface area contributed by atoms with E-state index < -0.39 is 157 Å². The number of carboxylic acid groups (broad SMARTS) is 1. The summed E-state index contributed by atoms with van der Waals surface area (Å²) in [4.78, 5) is 194. The van der Waals surface area contributed by atoms with Gasteiger partial charge in [-0.25, -0.2) is 0 Å². The molecule has 33 nitrogen and oxygen atoms in total. The Hall–Kier alpha value is -8.48. The average Bonchev–Trinajstić information content (AvgIpc) is 1.67. The summed E-state index contributed by atoms with van der Waals surface area (Å²) in [6.45, 7) is 6.97. The molecule has 2 aromatic carbocycles. The van der Waals surface area contributed by atoms with Crippen LogP contribution in [0.25, 0.3) is 0 Å². The first kappa shape index (κ1) is 89.1. The third kappa shape index (κ3) is 33.3. The summed E-state index contributed by atoms with van der Waals surface area (Å²) in [5.41, 5.74) is 18.5. The Morgan fingerprint density at radius 1 is 0.617 bits per heavy atom. The molecule has 5 rings (SSSR count). The van der Waals surface area contributed by atoms with Crippen molar-refractivity contribution in [3.8, 4) is 0 Å². The van der Waals surface area contributed by atoms with Crippen molar-refractivity contribution in [3.05, 3.63) is 71.3 Å². The van der Waals surface area contributed by atoms with Gasteiger partial charge in [0.05, 0.1) is 39.0 Å². The van der Waals surface area contributed by atoms with Crippen LogP contribution in [0.1, 0.15) is 146 Å². The van der Waals surface area contributed by atoms with Gasteiger partial charge in [0.25, 0.3) is 0 Å². The lowest BCUT2D eigenvalue weighted by Gasteiger charge is -2.34. The van der Waals surface area contributed by atoms with Crippen molar-refractivity contribution in [3.63, 3.8) is 0 Å². The van der Waals surface area contributed by atoms with Crippen molar-refractivity contribution in [2.75, 3.05) is 83.9 Å². The summed E-state index contributed by atoms with van der Waals surface area (Å²) in [6.07, 6.45) is 2.50. The van der Waals surface area contributed by atoms with Crippen LogP contribution >= 0.6 is 23.5 Å². The quantitative estimate of drug-likeness (QED) is 0.0355. The van der Waals surface area contributed by atoms with Crippen LogP contribution in [-0.4, -0.2) is 247 Å². The predicted molar refractivity (Wildman–Crippen MR) is 397 cm³/mol. The fourth-order valence-corrected chi connectivity index (χ4v) is 14.1. The monoisotopic (exact) mass is 1540 g/mol. The van der Waals surface area contributed by atoms with E-state index in [9.17, 15) is 72.5 Å². The summed E-state index contributed by atoms with van der Waals surface area (Å²) in [5.74, 6) is -11.1. The number of aliphatic hydroxyl groups excluding tert-OH is 1. The maximum atomic E-state index is 15.1. The van der Waals surface area contributed by atoms with Gasteiger partial charge < -0.3 is 99.3 Å². The van der Waals surface area contributed by atoms with Crippen LogP contribution in [0.3, 0.4) is 0 Å². The van der Waals surface area contributed by atoms with Gasteiger partial charge in [-0.15, -0.1) is 0 Å². The predicted octanol–water partition coefficient (Wildman–Crippen LogP) is -1.06. The molecule has 2 aromatic rings. The summed E-state index contributed by atoms with van der Waals surface area (Å²) < 4.78 is 16.7. The van der Waals surface area contributed by atoms with Crippen LogP contribution in [0, 0.1) is 0 Å². The number of ether oxygens (including phenoxy) is 3. The number of aliphatic carboxylic acids is 1. The van der Waals surface area contributed by atoms with Crippen molar-refractivity contribution in [1.29, 1.82) is 0 Å². The van der Waals surface area contributed by atoms with E-state index in [0.717, 1.165) is 42.2 Å². The van der Waals surface area contributed by atoms with Crippen LogP contribution in [0.15, 0.2) is 54.6 Å². The maximum absolute atomic E-state index is 15.1. The van der Waals surface area contributed by atoms with E-state index in [1.807, 2.05) is 19.1 Å². The first-order chi connectivity index (χ1) is 51.4. The van der Waals surface area contributed by atoms with E-state index in [-0.39, 0.29) is 87.1 Å². The third-order valence-corrected chi connectivity index (χ3v) is 20.1. The minimum atomic E-state index is -1.79. The van der Waals surface area contributed by atoms with E-state index in [0.29, 0.717) is 103 Å². The number of unbranched alkanes of at least 4 members (excludes halogenated alkanes) is 3. The second-order valence-electron chi connectivity index (χ2n) is 26.6. The highest BCUT2D eigenvalue weighted by molar-refractivity contribution is 7.98. The summed E-state index contributed by atoms with van der Waals surface area (Å²) >= 11 is 2.44. The zero-order valence-corrected chi connectivity index (χ0v) is 62.9. The number of rotatable bonds is 39. The third-order valence-electron chi connectivity index (χ3n) is 17.8. The number of carbonyl (C=O) groups is 14. The Labute approximate surface area is 632 Å². The second kappa shape index (κ2) is 49.5. The number of carboxylic acids is 1. The lowest BCUT2D eigenvalue weighted by molar-refractivity contribution is -0.148. The highest BCUT2D eigenvalue weighted by Crippen LogP contribution is 2.28. The van der Waals surface area contributed by atoms with Crippen LogP contribution in [0.4, 0.5) is 0 Å². The highest BCUT2D eigenvalue weighted by Gasteiger charge is 2.45. The molecule has 0 aliphatic carbocycles. The molecule has 107 heavy (non-hydrogen) atoms. The molecule has 10 atom stereocenters. The number of nitrogens with zero attached hydrogens (tertiary/aromatic N) is 2. The molecule has 0 aromatic heterocycles. The number of thioether (sulfide) groups is 2. The van der Waals surface area contributed by atoms with Crippen LogP contribution in [0.2, 0.25) is 0 Å². The highest BCUT2D eigenvalue weighted by atomic mass is 32.2. The largest absolute Gasteiger partial charge is 0.481 e. The molecule has 3 heterocycles. The number of nitrogens with one attached hydrogen (secondary N) is 9.